The molecule has 6 nitrogen and oxygen atoms in total. The molecule has 2 rings (SSSR count). The molecule has 0 saturated heterocycles. The van der Waals surface area contributed by atoms with Crippen molar-refractivity contribution in [1.82, 2.24) is 0 Å². The molecule has 0 bridgehead atoms. The van der Waals surface area contributed by atoms with Crippen molar-refractivity contribution in [2.45, 2.75) is 6.42 Å². The van der Waals surface area contributed by atoms with Crippen molar-refractivity contribution >= 4 is 34.8 Å². The van der Waals surface area contributed by atoms with E-state index < -0.39 is 11.8 Å². The van der Waals surface area contributed by atoms with Gasteiger partial charge in [0.1, 0.15) is 17.9 Å². The fourth-order valence-corrected chi connectivity index (χ4v) is 2.21. The van der Waals surface area contributed by atoms with E-state index in [1.165, 1.54) is 14.2 Å². The third-order valence-electron chi connectivity index (χ3n) is 3.11. The molecule has 2 N–H and O–H groups in total. The zero-order valence-corrected chi connectivity index (χ0v) is 14.0. The second kappa shape index (κ2) is 8.21. The summed E-state index contributed by atoms with van der Waals surface area (Å²) in [5.74, 6) is 0.117. The second-order valence-corrected chi connectivity index (χ2v) is 5.29. The molecule has 24 heavy (non-hydrogen) atoms. The molecular weight excluding hydrogens is 332 g/mol. The summed E-state index contributed by atoms with van der Waals surface area (Å²) in [5.41, 5.74) is 0.955. The van der Waals surface area contributed by atoms with E-state index >= 15 is 0 Å². The number of halogens is 1. The summed E-state index contributed by atoms with van der Waals surface area (Å²) in [5, 5.41) is 5.74. The van der Waals surface area contributed by atoms with E-state index in [1.807, 2.05) is 0 Å². The average molecular weight is 349 g/mol. The highest BCUT2D eigenvalue weighted by molar-refractivity contribution is 6.30. The maximum atomic E-state index is 12.1. The molecule has 0 radical (unpaired) electrons. The van der Waals surface area contributed by atoms with E-state index in [1.54, 1.807) is 42.5 Å². The molecule has 0 aliphatic carbocycles. The third-order valence-corrected chi connectivity index (χ3v) is 3.35. The Hall–Kier alpha value is -2.73. The summed E-state index contributed by atoms with van der Waals surface area (Å²) in [6.45, 7) is 0. The number of hydrogen-bond acceptors (Lipinski definition) is 4. The van der Waals surface area contributed by atoms with Crippen molar-refractivity contribution in [1.29, 1.82) is 0 Å². The largest absolute Gasteiger partial charge is 0.497 e. The van der Waals surface area contributed by atoms with Gasteiger partial charge in [0.15, 0.2) is 0 Å². The lowest BCUT2D eigenvalue weighted by molar-refractivity contribution is -0.123. The predicted molar refractivity (Wildman–Crippen MR) is 92.9 cm³/mol. The summed E-state index contributed by atoms with van der Waals surface area (Å²) >= 11 is 5.85. The third kappa shape index (κ3) is 4.89. The number of nitrogens with one attached hydrogen (secondary N) is 2. The van der Waals surface area contributed by atoms with Crippen LogP contribution in [0.2, 0.25) is 5.02 Å². The van der Waals surface area contributed by atoms with Gasteiger partial charge in [-0.05, 0) is 30.3 Å². The summed E-state index contributed by atoms with van der Waals surface area (Å²) in [7, 11) is 3.01. The molecule has 0 fully saturated rings. The molecular formula is C17H17ClN2O4. The van der Waals surface area contributed by atoms with Crippen molar-refractivity contribution in [3.8, 4) is 11.5 Å². The standard InChI is InChI=1S/C17H17ClN2O4/c1-23-13-6-7-15(24-2)14(9-13)20-17(22)10-16(21)19-12-5-3-4-11(18)8-12/h3-9H,10H2,1-2H3,(H,19,21)(H,20,22). The van der Waals surface area contributed by atoms with Crippen molar-refractivity contribution < 1.29 is 19.1 Å². The Balaban J connectivity index is 1.99. The average Bonchev–Trinajstić information content (AvgIpc) is 2.54. The number of methoxy groups -OCH3 is 2. The molecule has 0 atom stereocenters. The van der Waals surface area contributed by atoms with Crippen molar-refractivity contribution in [3.05, 3.63) is 47.5 Å². The fraction of sp³-hybridized carbons (Fsp3) is 0.176. The van der Waals surface area contributed by atoms with Crippen LogP contribution in [0.4, 0.5) is 11.4 Å². The lowest BCUT2D eigenvalue weighted by Crippen LogP contribution is -2.21. The zero-order valence-electron chi connectivity index (χ0n) is 13.3. The Labute approximate surface area is 144 Å². The second-order valence-electron chi connectivity index (χ2n) is 4.85. The van der Waals surface area contributed by atoms with Crippen LogP contribution in [0.1, 0.15) is 6.42 Å². The van der Waals surface area contributed by atoms with E-state index in [-0.39, 0.29) is 6.42 Å². The molecule has 0 saturated carbocycles. The number of ether oxygens (including phenoxy) is 2. The fourth-order valence-electron chi connectivity index (χ4n) is 2.02. The first kappa shape index (κ1) is 17.6. The first-order valence-corrected chi connectivity index (χ1v) is 7.47. The van der Waals surface area contributed by atoms with Gasteiger partial charge >= 0.3 is 0 Å². The number of hydrogen-bond donors (Lipinski definition) is 2. The Morgan fingerprint density at radius 3 is 2.42 bits per heavy atom. The first-order valence-electron chi connectivity index (χ1n) is 7.09. The molecule has 2 aromatic carbocycles. The summed E-state index contributed by atoms with van der Waals surface area (Å²) in [6.07, 6.45) is -0.340. The minimum atomic E-state index is -0.471. The summed E-state index contributed by atoms with van der Waals surface area (Å²) < 4.78 is 10.3. The Bertz CT molecular complexity index is 749. The normalized spacial score (nSPS) is 9.96. The van der Waals surface area contributed by atoms with Gasteiger partial charge in [0, 0.05) is 16.8 Å². The molecule has 126 valence electrons. The van der Waals surface area contributed by atoms with Crippen molar-refractivity contribution in [2.75, 3.05) is 24.9 Å². The van der Waals surface area contributed by atoms with Crippen LogP contribution in [-0.2, 0) is 9.59 Å². The minimum Gasteiger partial charge on any atom is -0.497 e. The smallest absolute Gasteiger partial charge is 0.233 e. The van der Waals surface area contributed by atoms with E-state index in [0.29, 0.717) is 27.9 Å². The van der Waals surface area contributed by atoms with Gasteiger partial charge in [-0.1, -0.05) is 17.7 Å². The summed E-state index contributed by atoms with van der Waals surface area (Å²) in [6, 6.07) is 11.7. The van der Waals surface area contributed by atoms with E-state index in [0.717, 1.165) is 0 Å². The molecule has 2 aromatic rings. The number of anilines is 2. The Morgan fingerprint density at radius 1 is 1.00 bits per heavy atom. The van der Waals surface area contributed by atoms with E-state index in [2.05, 4.69) is 10.6 Å². The molecule has 0 aromatic heterocycles. The highest BCUT2D eigenvalue weighted by Crippen LogP contribution is 2.29. The van der Waals surface area contributed by atoms with Crippen LogP contribution in [0.3, 0.4) is 0 Å². The van der Waals surface area contributed by atoms with Crippen LogP contribution in [-0.4, -0.2) is 26.0 Å². The first-order chi connectivity index (χ1) is 11.5. The highest BCUT2D eigenvalue weighted by atomic mass is 35.5. The minimum absolute atomic E-state index is 0.340. The lowest BCUT2D eigenvalue weighted by atomic mass is 10.2. The number of benzene rings is 2. The van der Waals surface area contributed by atoms with Gasteiger partial charge in [-0.3, -0.25) is 9.59 Å². The molecule has 0 aliphatic rings. The van der Waals surface area contributed by atoms with Crippen LogP contribution in [0.5, 0.6) is 11.5 Å². The highest BCUT2D eigenvalue weighted by Gasteiger charge is 2.13. The van der Waals surface area contributed by atoms with Crippen LogP contribution >= 0.6 is 11.6 Å². The molecule has 2 amide bonds. The molecule has 0 heterocycles. The molecule has 0 aliphatic heterocycles. The number of rotatable bonds is 6. The summed E-state index contributed by atoms with van der Waals surface area (Å²) in [4.78, 5) is 24.0. The van der Waals surface area contributed by atoms with E-state index in [9.17, 15) is 9.59 Å². The lowest BCUT2D eigenvalue weighted by Gasteiger charge is -2.12. The maximum Gasteiger partial charge on any atom is 0.233 e. The zero-order chi connectivity index (χ0) is 17.5. The molecule has 7 heteroatoms. The van der Waals surface area contributed by atoms with Gasteiger partial charge < -0.3 is 20.1 Å². The SMILES string of the molecule is COc1ccc(OC)c(NC(=O)CC(=O)Nc2cccc(Cl)c2)c1. The quantitative estimate of drug-likeness (QED) is 0.785. The van der Waals surface area contributed by atoms with Gasteiger partial charge in [0.2, 0.25) is 11.8 Å². The van der Waals surface area contributed by atoms with Crippen molar-refractivity contribution in [3.63, 3.8) is 0 Å². The topological polar surface area (TPSA) is 76.7 Å². The van der Waals surface area contributed by atoms with Gasteiger partial charge in [-0.2, -0.15) is 0 Å². The Morgan fingerprint density at radius 2 is 1.75 bits per heavy atom. The van der Waals surface area contributed by atoms with Gasteiger partial charge in [-0.15, -0.1) is 0 Å². The molecule has 0 unspecified atom stereocenters. The molecule has 0 spiro atoms. The van der Waals surface area contributed by atoms with Gasteiger partial charge in [0.05, 0.1) is 19.9 Å². The Kier molecular flexibility index (Phi) is 6.03. The number of amides is 2. The number of carbonyl (C=O) groups is 2. The van der Waals surface area contributed by atoms with Crippen LogP contribution in [0.15, 0.2) is 42.5 Å². The monoisotopic (exact) mass is 348 g/mol. The van der Waals surface area contributed by atoms with Gasteiger partial charge in [-0.25, -0.2) is 0 Å². The van der Waals surface area contributed by atoms with Gasteiger partial charge in [0.25, 0.3) is 0 Å². The van der Waals surface area contributed by atoms with Crippen LogP contribution < -0.4 is 20.1 Å². The predicted octanol–water partition coefficient (Wildman–Crippen LogP) is 3.32. The maximum absolute atomic E-state index is 12.1. The van der Waals surface area contributed by atoms with Crippen LogP contribution in [0, 0.1) is 0 Å². The van der Waals surface area contributed by atoms with Crippen molar-refractivity contribution in [2.24, 2.45) is 0 Å². The van der Waals surface area contributed by atoms with E-state index in [4.69, 9.17) is 21.1 Å². The number of carbonyl (C=O) groups excluding carboxylic acids is 2. The van der Waals surface area contributed by atoms with Crippen LogP contribution in [0.25, 0.3) is 0 Å².